The summed E-state index contributed by atoms with van der Waals surface area (Å²) in [5.41, 5.74) is 12.4. The van der Waals surface area contributed by atoms with Gasteiger partial charge >= 0.3 is 0 Å². The predicted octanol–water partition coefficient (Wildman–Crippen LogP) is 1.93. The maximum Gasteiger partial charge on any atom is 0.227 e. The molecule has 0 fully saturated rings. The summed E-state index contributed by atoms with van der Waals surface area (Å²) in [5, 5.41) is 4.20. The molecule has 10 nitrogen and oxygen atoms in total. The van der Waals surface area contributed by atoms with Gasteiger partial charge < -0.3 is 25.7 Å². The van der Waals surface area contributed by atoms with Gasteiger partial charge in [-0.05, 0) is 25.5 Å². The van der Waals surface area contributed by atoms with Gasteiger partial charge in [-0.1, -0.05) is 43.5 Å². The van der Waals surface area contributed by atoms with Gasteiger partial charge in [-0.15, -0.1) is 0 Å². The lowest BCUT2D eigenvalue weighted by atomic mass is 9.95. The van der Waals surface area contributed by atoms with Crippen LogP contribution in [0.5, 0.6) is 0 Å². The molecule has 2 amide bonds. The van der Waals surface area contributed by atoms with Crippen LogP contribution in [-0.4, -0.2) is 61.2 Å². The number of allylic oxidation sites excluding steroid dienone is 2. The highest BCUT2D eigenvalue weighted by atomic mass is 16.7. The van der Waals surface area contributed by atoms with Crippen molar-refractivity contribution in [3.63, 3.8) is 0 Å². The van der Waals surface area contributed by atoms with E-state index in [1.165, 1.54) is 5.01 Å². The molecule has 1 aromatic carbocycles. The highest BCUT2D eigenvalue weighted by Gasteiger charge is 2.27. The largest absolute Gasteiger partial charge is 0.396 e. The van der Waals surface area contributed by atoms with Crippen molar-refractivity contribution in [2.75, 3.05) is 33.9 Å². The van der Waals surface area contributed by atoms with Crippen molar-refractivity contribution in [1.82, 2.24) is 20.7 Å². The second-order valence-electron chi connectivity index (χ2n) is 9.17. The van der Waals surface area contributed by atoms with Crippen LogP contribution in [0.3, 0.4) is 0 Å². The van der Waals surface area contributed by atoms with Crippen LogP contribution in [0.25, 0.3) is 5.70 Å². The summed E-state index contributed by atoms with van der Waals surface area (Å²) in [6.45, 7) is 12.9. The number of hydrazine groups is 1. The molecule has 0 aromatic heterocycles. The average Bonchev–Trinajstić information content (AvgIpc) is 2.86. The van der Waals surface area contributed by atoms with E-state index >= 15 is 0 Å². The Kier molecular flexibility index (Phi) is 11.1. The Bertz CT molecular complexity index is 1060. The van der Waals surface area contributed by atoms with E-state index in [-0.39, 0.29) is 31.2 Å². The zero-order valence-electron chi connectivity index (χ0n) is 22.3. The minimum atomic E-state index is -0.504. The lowest BCUT2D eigenvalue weighted by Gasteiger charge is -2.32. The van der Waals surface area contributed by atoms with Gasteiger partial charge in [0.25, 0.3) is 0 Å². The summed E-state index contributed by atoms with van der Waals surface area (Å²) in [7, 11) is 3.35. The average molecular weight is 513 g/mol. The molecular weight excluding hydrogens is 472 g/mol. The minimum Gasteiger partial charge on any atom is -0.396 e. The first-order chi connectivity index (χ1) is 17.6. The lowest BCUT2D eigenvalue weighted by molar-refractivity contribution is -0.132. The van der Waals surface area contributed by atoms with Crippen molar-refractivity contribution < 1.29 is 19.2 Å². The molecule has 0 unspecified atom stereocenters. The summed E-state index contributed by atoms with van der Waals surface area (Å²) in [6.07, 6.45) is 3.22. The van der Waals surface area contributed by atoms with Crippen molar-refractivity contribution >= 4 is 17.5 Å². The first-order valence-electron chi connectivity index (χ1n) is 12.1. The van der Waals surface area contributed by atoms with E-state index < -0.39 is 5.60 Å². The molecule has 1 heterocycles. The van der Waals surface area contributed by atoms with Crippen LogP contribution in [0.15, 0.2) is 66.5 Å². The second-order valence-corrected chi connectivity index (χ2v) is 9.17. The number of carbonyl (C=O) groups excluding carboxylic acids is 2. The number of amides is 2. The molecule has 0 saturated heterocycles. The summed E-state index contributed by atoms with van der Waals surface area (Å²) in [4.78, 5) is 32.6. The molecule has 0 radical (unpaired) electrons. The highest BCUT2D eigenvalue weighted by Crippen LogP contribution is 2.32. The Hall–Kier alpha value is -3.44. The first kappa shape index (κ1) is 29.8. The zero-order chi connectivity index (χ0) is 27.6. The van der Waals surface area contributed by atoms with E-state index in [2.05, 4.69) is 24.0 Å². The third-order valence-electron chi connectivity index (χ3n) is 5.81. The second kappa shape index (κ2) is 13.8. The topological polar surface area (TPSA) is 135 Å². The fraction of sp³-hybridized carbons (Fsp3) is 0.407. The van der Waals surface area contributed by atoms with Crippen LogP contribution >= 0.6 is 0 Å². The fourth-order valence-corrected chi connectivity index (χ4v) is 3.99. The number of nitrogens with zero attached hydrogens (tertiary/aromatic N) is 2. The molecule has 1 aromatic rings. The lowest BCUT2D eigenvalue weighted by Crippen LogP contribution is -2.37. The summed E-state index contributed by atoms with van der Waals surface area (Å²) < 4.78 is 5.74. The molecule has 1 aliphatic heterocycles. The van der Waals surface area contributed by atoms with Crippen molar-refractivity contribution in [1.29, 1.82) is 0 Å². The van der Waals surface area contributed by atoms with Crippen LogP contribution in [0, 0.1) is 0 Å². The molecule has 0 saturated carbocycles. The number of nitrogens with two attached hydrogens (primary N) is 2. The minimum absolute atomic E-state index is 0.00508. The first-order valence-corrected chi connectivity index (χ1v) is 12.1. The Morgan fingerprint density at radius 3 is 2.54 bits per heavy atom. The molecular formula is C27H40N6O4. The van der Waals surface area contributed by atoms with Gasteiger partial charge in [0.15, 0.2) is 0 Å². The maximum absolute atomic E-state index is 13.4. The number of likely N-dealkylation sites (N-methyl/N-ethyl adjacent to an activating group) is 1. The third-order valence-corrected chi connectivity index (χ3v) is 5.81. The fourth-order valence-electron chi connectivity index (χ4n) is 3.99. The van der Waals surface area contributed by atoms with Crippen LogP contribution < -0.4 is 22.4 Å². The van der Waals surface area contributed by atoms with Crippen molar-refractivity contribution in [3.8, 4) is 0 Å². The Morgan fingerprint density at radius 1 is 1.22 bits per heavy atom. The zero-order valence-corrected chi connectivity index (χ0v) is 22.3. The predicted molar refractivity (Wildman–Crippen MR) is 145 cm³/mol. The van der Waals surface area contributed by atoms with Crippen LogP contribution in [0.4, 0.5) is 0 Å². The number of carbonyl (C=O) groups is 2. The van der Waals surface area contributed by atoms with E-state index in [1.54, 1.807) is 31.1 Å². The van der Waals surface area contributed by atoms with Gasteiger partial charge in [-0.2, -0.15) is 0 Å². The van der Waals surface area contributed by atoms with Gasteiger partial charge in [-0.3, -0.25) is 14.4 Å². The van der Waals surface area contributed by atoms with Gasteiger partial charge in [-0.25, -0.2) is 11.3 Å². The molecule has 6 N–H and O–H groups in total. The number of benzene rings is 1. The number of nitrogens with one attached hydrogen (secondary N) is 2. The van der Waals surface area contributed by atoms with E-state index in [1.807, 2.05) is 38.1 Å². The number of rotatable bonds is 13. The smallest absolute Gasteiger partial charge is 0.227 e. The number of hydrogen-bond donors (Lipinski definition) is 4. The quantitative estimate of drug-likeness (QED) is 0.179. The summed E-state index contributed by atoms with van der Waals surface area (Å²) in [5.74, 6) is 5.67. The molecule has 10 heteroatoms. The van der Waals surface area contributed by atoms with E-state index in [9.17, 15) is 9.59 Å². The van der Waals surface area contributed by atoms with Crippen molar-refractivity contribution in [2.24, 2.45) is 11.6 Å². The molecule has 0 spiro atoms. The summed E-state index contributed by atoms with van der Waals surface area (Å²) in [6, 6.07) is 7.56. The van der Waals surface area contributed by atoms with Crippen LogP contribution in [0.2, 0.25) is 0 Å². The normalized spacial score (nSPS) is 17.9. The molecule has 2 rings (SSSR count). The van der Waals surface area contributed by atoms with Gasteiger partial charge in [0.05, 0.1) is 42.5 Å². The summed E-state index contributed by atoms with van der Waals surface area (Å²) >= 11 is 0. The van der Waals surface area contributed by atoms with E-state index in [0.29, 0.717) is 42.4 Å². The number of hydrogen-bond acceptors (Lipinski definition) is 8. The number of ether oxygens (including phenoxy) is 1. The Balaban J connectivity index is 2.16. The van der Waals surface area contributed by atoms with Crippen LogP contribution in [-0.2, 0) is 25.7 Å². The van der Waals surface area contributed by atoms with Gasteiger partial charge in [0, 0.05) is 44.6 Å². The maximum atomic E-state index is 13.4. The van der Waals surface area contributed by atoms with Gasteiger partial charge in [0.2, 0.25) is 11.8 Å². The van der Waals surface area contributed by atoms with Crippen molar-refractivity contribution in [3.05, 3.63) is 77.7 Å². The van der Waals surface area contributed by atoms with Gasteiger partial charge in [0.1, 0.15) is 0 Å². The molecule has 0 aliphatic carbocycles. The van der Waals surface area contributed by atoms with Crippen LogP contribution in [0.1, 0.15) is 37.8 Å². The SMILES string of the molecule is C=CC1=C(\C=C)N(C(=O)CCC(=O)NCCOC(C)(C)CONC)Cc2ccccc2/C(N)=C\1N(C)N. The number of fused-ring (bicyclic) bond motifs is 1. The molecule has 202 valence electrons. The highest BCUT2D eigenvalue weighted by molar-refractivity contribution is 5.86. The van der Waals surface area contributed by atoms with Crippen molar-refractivity contribution in [2.45, 2.75) is 38.8 Å². The molecule has 1 aliphatic rings. The monoisotopic (exact) mass is 512 g/mol. The van der Waals surface area contributed by atoms with E-state index in [4.69, 9.17) is 21.2 Å². The molecule has 37 heavy (non-hydrogen) atoms. The number of hydroxylamine groups is 1. The standard InChI is InChI=1S/C27H40N6O4/c1-7-20-22(8-2)33(17-19-11-9-10-12-21(19)25(28)26(20)32(6)29)24(35)14-13-23(34)31-15-16-36-27(3,4)18-37-30-5/h7-12,30H,1-2,13-18,28-29H2,3-6H3,(H,31,34)/b22-20-,26-25-. The Labute approximate surface area is 219 Å². The Morgan fingerprint density at radius 2 is 1.92 bits per heavy atom. The molecule has 0 bridgehead atoms. The molecule has 0 atom stereocenters. The third kappa shape index (κ3) is 8.02. The van der Waals surface area contributed by atoms with E-state index in [0.717, 1.165) is 11.1 Å².